The second-order valence-corrected chi connectivity index (χ2v) is 6.03. The van der Waals surface area contributed by atoms with Gasteiger partial charge in [-0.2, -0.15) is 0 Å². The molecule has 2 rings (SSSR count). The molecule has 3 N–H and O–H groups in total. The molecule has 1 fully saturated rings. The molecule has 0 saturated carbocycles. The Hall–Kier alpha value is -1.62. The van der Waals surface area contributed by atoms with Crippen molar-refractivity contribution < 1.29 is 9.18 Å². The van der Waals surface area contributed by atoms with Crippen molar-refractivity contribution in [3.63, 3.8) is 0 Å². The van der Waals surface area contributed by atoms with E-state index < -0.39 is 5.82 Å². The molecule has 4 nitrogen and oxygen atoms in total. The topological polar surface area (TPSA) is 58.4 Å². The summed E-state index contributed by atoms with van der Waals surface area (Å²) >= 11 is 0. The molecule has 1 aromatic rings. The van der Waals surface area contributed by atoms with E-state index >= 15 is 0 Å². The van der Waals surface area contributed by atoms with Crippen molar-refractivity contribution in [2.75, 3.05) is 32.4 Å². The van der Waals surface area contributed by atoms with Gasteiger partial charge in [-0.25, -0.2) is 4.39 Å². The van der Waals surface area contributed by atoms with Crippen LogP contribution in [0.5, 0.6) is 0 Å². The van der Waals surface area contributed by atoms with Crippen LogP contribution in [0.15, 0.2) is 18.2 Å². The van der Waals surface area contributed by atoms with Crippen molar-refractivity contribution in [2.45, 2.75) is 19.8 Å². The van der Waals surface area contributed by atoms with Gasteiger partial charge in [0.05, 0.1) is 5.69 Å². The van der Waals surface area contributed by atoms with Gasteiger partial charge in [0, 0.05) is 12.1 Å². The van der Waals surface area contributed by atoms with Crippen molar-refractivity contribution in [2.24, 2.45) is 5.41 Å². The van der Waals surface area contributed by atoms with Crippen LogP contribution in [0.25, 0.3) is 0 Å². The van der Waals surface area contributed by atoms with Crippen LogP contribution in [0, 0.1) is 11.2 Å². The summed E-state index contributed by atoms with van der Waals surface area (Å²) in [6, 6.07) is 4.15. The normalized spacial score (nSPS) is 18.8. The van der Waals surface area contributed by atoms with Crippen LogP contribution in [0.4, 0.5) is 10.1 Å². The summed E-state index contributed by atoms with van der Waals surface area (Å²) < 4.78 is 13.3. The Morgan fingerprint density at radius 3 is 2.70 bits per heavy atom. The fourth-order valence-corrected chi connectivity index (χ4v) is 2.40. The lowest BCUT2D eigenvalue weighted by Gasteiger charge is -2.37. The fourth-order valence-electron chi connectivity index (χ4n) is 2.40. The number of likely N-dealkylation sites (tertiary alicyclic amines) is 1. The molecule has 1 aromatic carbocycles. The molecule has 1 aliphatic heterocycles. The van der Waals surface area contributed by atoms with Gasteiger partial charge in [-0.3, -0.25) is 4.79 Å². The number of nitrogen functional groups attached to an aromatic ring is 1. The number of nitrogens with one attached hydrogen (secondary N) is 1. The third kappa shape index (κ3) is 3.48. The second-order valence-electron chi connectivity index (χ2n) is 6.03. The highest BCUT2D eigenvalue weighted by Gasteiger charge is 2.29. The molecule has 1 amide bonds. The number of piperidine rings is 1. The number of nitrogens with two attached hydrogens (primary N) is 1. The van der Waals surface area contributed by atoms with Crippen molar-refractivity contribution >= 4 is 11.6 Å². The zero-order chi connectivity index (χ0) is 14.8. The van der Waals surface area contributed by atoms with Gasteiger partial charge in [-0.1, -0.05) is 6.92 Å². The molecule has 1 saturated heterocycles. The van der Waals surface area contributed by atoms with Crippen LogP contribution in [0.1, 0.15) is 30.1 Å². The number of benzene rings is 1. The summed E-state index contributed by atoms with van der Waals surface area (Å²) in [4.78, 5) is 14.3. The molecule has 0 spiro atoms. The first-order valence-corrected chi connectivity index (χ1v) is 6.91. The fraction of sp³-hybridized carbons (Fsp3) is 0.533. The van der Waals surface area contributed by atoms with E-state index in [9.17, 15) is 9.18 Å². The minimum atomic E-state index is -0.553. The Bertz CT molecular complexity index is 496. The Labute approximate surface area is 119 Å². The van der Waals surface area contributed by atoms with E-state index in [1.165, 1.54) is 12.1 Å². The number of anilines is 1. The van der Waals surface area contributed by atoms with E-state index in [0.717, 1.165) is 25.9 Å². The average molecular weight is 279 g/mol. The van der Waals surface area contributed by atoms with Gasteiger partial charge in [0.25, 0.3) is 5.91 Å². The molecule has 110 valence electrons. The highest BCUT2D eigenvalue weighted by atomic mass is 19.1. The third-order valence-electron chi connectivity index (χ3n) is 4.13. The molecule has 1 heterocycles. The van der Waals surface area contributed by atoms with E-state index in [0.29, 0.717) is 12.1 Å². The van der Waals surface area contributed by atoms with Crippen LogP contribution in [0.3, 0.4) is 0 Å². The quantitative estimate of drug-likeness (QED) is 0.830. The Balaban J connectivity index is 1.93. The smallest absolute Gasteiger partial charge is 0.251 e. The molecule has 0 aromatic heterocycles. The van der Waals surface area contributed by atoms with Gasteiger partial charge in [-0.05, 0) is 56.6 Å². The Kier molecular flexibility index (Phi) is 4.28. The summed E-state index contributed by atoms with van der Waals surface area (Å²) in [6.45, 7) is 4.89. The first kappa shape index (κ1) is 14.8. The van der Waals surface area contributed by atoms with Gasteiger partial charge in [0.15, 0.2) is 0 Å². The van der Waals surface area contributed by atoms with E-state index in [-0.39, 0.29) is 17.0 Å². The SMILES string of the molecule is CN1CCC(C)(CNC(=O)c2ccc(N)c(F)c2)CC1. The highest BCUT2D eigenvalue weighted by molar-refractivity contribution is 5.94. The van der Waals surface area contributed by atoms with Crippen molar-refractivity contribution in [3.05, 3.63) is 29.6 Å². The highest BCUT2D eigenvalue weighted by Crippen LogP contribution is 2.29. The summed E-state index contributed by atoms with van der Waals surface area (Å²) in [5.74, 6) is -0.799. The van der Waals surface area contributed by atoms with Crippen LogP contribution in [0.2, 0.25) is 0 Å². The monoisotopic (exact) mass is 279 g/mol. The molecule has 20 heavy (non-hydrogen) atoms. The number of nitrogens with zero attached hydrogens (tertiary/aromatic N) is 1. The lowest BCUT2D eigenvalue weighted by molar-refractivity contribution is 0.0891. The van der Waals surface area contributed by atoms with E-state index in [4.69, 9.17) is 5.73 Å². The van der Waals surface area contributed by atoms with E-state index in [2.05, 4.69) is 24.2 Å². The first-order valence-electron chi connectivity index (χ1n) is 6.91. The molecule has 5 heteroatoms. The summed E-state index contributed by atoms with van der Waals surface area (Å²) in [6.07, 6.45) is 2.11. The molecule has 0 radical (unpaired) electrons. The maximum atomic E-state index is 13.3. The van der Waals surface area contributed by atoms with Gasteiger partial charge in [0.1, 0.15) is 5.82 Å². The van der Waals surface area contributed by atoms with Crippen LogP contribution in [-0.4, -0.2) is 37.5 Å². The summed E-state index contributed by atoms with van der Waals surface area (Å²) in [5.41, 5.74) is 5.89. The van der Waals surface area contributed by atoms with Crippen LogP contribution in [-0.2, 0) is 0 Å². The number of carbonyl (C=O) groups excluding carboxylic acids is 1. The predicted octanol–water partition coefficient (Wildman–Crippen LogP) is 1.87. The zero-order valence-corrected chi connectivity index (χ0v) is 12.1. The summed E-state index contributed by atoms with van der Waals surface area (Å²) in [7, 11) is 2.11. The van der Waals surface area contributed by atoms with Gasteiger partial charge >= 0.3 is 0 Å². The number of carbonyl (C=O) groups is 1. The maximum absolute atomic E-state index is 13.3. The van der Waals surface area contributed by atoms with Gasteiger partial charge < -0.3 is 16.0 Å². The average Bonchev–Trinajstić information content (AvgIpc) is 2.43. The van der Waals surface area contributed by atoms with Crippen LogP contribution >= 0.6 is 0 Å². The predicted molar refractivity (Wildman–Crippen MR) is 78.0 cm³/mol. The van der Waals surface area contributed by atoms with Crippen molar-refractivity contribution in [3.8, 4) is 0 Å². The standard InChI is InChI=1S/C15H22FN3O/c1-15(5-7-19(2)8-6-15)10-18-14(20)11-3-4-13(17)12(16)9-11/h3-4,9H,5-8,10,17H2,1-2H3,(H,18,20). The molecule has 1 aliphatic rings. The lowest BCUT2D eigenvalue weighted by atomic mass is 9.80. The molecular weight excluding hydrogens is 257 g/mol. The van der Waals surface area contributed by atoms with Gasteiger partial charge in [-0.15, -0.1) is 0 Å². The number of halogens is 1. The van der Waals surface area contributed by atoms with Crippen molar-refractivity contribution in [1.82, 2.24) is 10.2 Å². The molecule has 0 bridgehead atoms. The van der Waals surface area contributed by atoms with Crippen LogP contribution < -0.4 is 11.1 Å². The number of hydrogen-bond acceptors (Lipinski definition) is 3. The maximum Gasteiger partial charge on any atom is 0.251 e. The number of rotatable bonds is 3. The van der Waals surface area contributed by atoms with Gasteiger partial charge in [0.2, 0.25) is 0 Å². The molecule has 0 atom stereocenters. The minimum absolute atomic E-state index is 0.0591. The number of hydrogen-bond donors (Lipinski definition) is 2. The Morgan fingerprint density at radius 1 is 1.45 bits per heavy atom. The molecule has 0 unspecified atom stereocenters. The minimum Gasteiger partial charge on any atom is -0.396 e. The zero-order valence-electron chi connectivity index (χ0n) is 12.1. The van der Waals surface area contributed by atoms with Crippen molar-refractivity contribution in [1.29, 1.82) is 0 Å². The number of amides is 1. The third-order valence-corrected chi connectivity index (χ3v) is 4.13. The van der Waals surface area contributed by atoms with E-state index in [1.54, 1.807) is 6.07 Å². The largest absolute Gasteiger partial charge is 0.396 e. The Morgan fingerprint density at radius 2 is 2.10 bits per heavy atom. The molecule has 0 aliphatic carbocycles. The summed E-state index contributed by atoms with van der Waals surface area (Å²) in [5, 5.41) is 2.91. The second kappa shape index (κ2) is 5.79. The molecular formula is C15H22FN3O. The van der Waals surface area contributed by atoms with E-state index in [1.807, 2.05) is 0 Å². The first-order chi connectivity index (χ1) is 9.39. The lowest BCUT2D eigenvalue weighted by Crippen LogP contribution is -2.43.